The Balaban J connectivity index is 1.16. The molecule has 43 heavy (non-hydrogen) atoms. The van der Waals surface area contributed by atoms with Gasteiger partial charge in [-0.2, -0.15) is 0 Å². The zero-order chi connectivity index (χ0) is 30.8. The van der Waals surface area contributed by atoms with Crippen LogP contribution in [-0.2, 0) is 9.47 Å². The lowest BCUT2D eigenvalue weighted by molar-refractivity contribution is -0.252. The summed E-state index contributed by atoms with van der Waals surface area (Å²) in [4.78, 5) is 25.2. The molecule has 0 radical (unpaired) electrons. The fourth-order valence-corrected chi connectivity index (χ4v) is 13.2. The molecule has 0 amide bonds. The summed E-state index contributed by atoms with van der Waals surface area (Å²) in [7, 11) is 0. The third kappa shape index (κ3) is 3.85. The third-order valence-corrected chi connectivity index (χ3v) is 15.7. The first-order chi connectivity index (χ1) is 20.1. The van der Waals surface area contributed by atoms with Gasteiger partial charge in [-0.15, -0.1) is 0 Å². The van der Waals surface area contributed by atoms with Crippen LogP contribution in [0.5, 0.6) is 0 Å². The second-order valence-electron chi connectivity index (χ2n) is 17.9. The second kappa shape index (κ2) is 9.33. The van der Waals surface area contributed by atoms with Gasteiger partial charge in [0, 0.05) is 5.41 Å². The molecule has 5 aliphatic carbocycles. The minimum absolute atomic E-state index is 0.0128. The topological polar surface area (TPSA) is 72.8 Å². The quantitative estimate of drug-likeness (QED) is 0.356. The van der Waals surface area contributed by atoms with Crippen molar-refractivity contribution in [3.8, 4) is 0 Å². The average Bonchev–Trinajstić information content (AvgIpc) is 3.29. The summed E-state index contributed by atoms with van der Waals surface area (Å²) in [6.07, 6.45) is 12.4. The largest absolute Gasteiger partial charge is 0.478 e. The maximum atomic E-state index is 13.4. The van der Waals surface area contributed by atoms with Crippen LogP contribution in [0, 0.1) is 56.2 Å². The molecule has 1 aromatic carbocycles. The first kappa shape index (κ1) is 29.8. The maximum absolute atomic E-state index is 13.4. The number of hydrogen-bond acceptors (Lipinski definition) is 4. The van der Waals surface area contributed by atoms with Gasteiger partial charge in [-0.25, -0.2) is 9.59 Å². The number of aromatic carboxylic acids is 1. The van der Waals surface area contributed by atoms with E-state index in [9.17, 15) is 14.7 Å². The number of carboxylic acid groups (broad SMARTS) is 1. The lowest BCUT2D eigenvalue weighted by Gasteiger charge is -2.73. The zero-order valence-corrected chi connectivity index (χ0v) is 27.6. The Bertz CT molecular complexity index is 1330. The summed E-state index contributed by atoms with van der Waals surface area (Å²) >= 11 is 0. The van der Waals surface area contributed by atoms with E-state index in [1.54, 1.807) is 18.2 Å². The predicted molar refractivity (Wildman–Crippen MR) is 167 cm³/mol. The van der Waals surface area contributed by atoms with Crippen LogP contribution in [-0.4, -0.2) is 35.9 Å². The molecule has 7 rings (SSSR count). The molecular weight excluding hydrogens is 536 g/mol. The highest BCUT2D eigenvalue weighted by atomic mass is 16.5. The summed E-state index contributed by atoms with van der Waals surface area (Å²) in [6, 6.07) is 6.43. The molecule has 5 saturated carbocycles. The van der Waals surface area contributed by atoms with Gasteiger partial charge in [0.15, 0.2) is 0 Å². The van der Waals surface area contributed by atoms with Gasteiger partial charge in [0.25, 0.3) is 0 Å². The number of fused-ring (bicyclic) bond motifs is 5. The number of hydrogen-bond donors (Lipinski definition) is 1. The second-order valence-corrected chi connectivity index (χ2v) is 17.9. The number of carbonyl (C=O) groups excluding carboxylic acids is 1. The van der Waals surface area contributed by atoms with Crippen molar-refractivity contribution < 1.29 is 24.2 Å². The maximum Gasteiger partial charge on any atom is 0.339 e. The van der Waals surface area contributed by atoms with E-state index in [0.29, 0.717) is 40.1 Å². The van der Waals surface area contributed by atoms with E-state index in [2.05, 4.69) is 48.5 Å². The summed E-state index contributed by atoms with van der Waals surface area (Å²) < 4.78 is 13.0. The lowest BCUT2D eigenvalue weighted by Crippen LogP contribution is -2.68. The fourth-order valence-electron chi connectivity index (χ4n) is 13.2. The Labute approximate surface area is 258 Å². The van der Waals surface area contributed by atoms with Crippen LogP contribution < -0.4 is 0 Å². The Kier molecular flexibility index (Phi) is 6.47. The number of benzene rings is 1. The fraction of sp³-hybridized carbons (Fsp3) is 0.789. The molecule has 10 atom stereocenters. The monoisotopic (exact) mass is 590 g/mol. The number of esters is 1. The molecule has 1 N–H and O–H groups in total. The number of carboxylic acids is 1. The van der Waals surface area contributed by atoms with Gasteiger partial charge >= 0.3 is 11.9 Å². The molecule has 0 aromatic heterocycles. The average molecular weight is 591 g/mol. The summed E-state index contributed by atoms with van der Waals surface area (Å²) in [5.41, 5.74) is 1.49. The van der Waals surface area contributed by atoms with Crippen molar-refractivity contribution in [1.29, 1.82) is 0 Å². The van der Waals surface area contributed by atoms with Crippen LogP contribution in [0.1, 0.15) is 133 Å². The molecule has 6 fully saturated rings. The molecule has 0 spiro atoms. The van der Waals surface area contributed by atoms with Crippen molar-refractivity contribution in [2.75, 3.05) is 6.61 Å². The molecule has 1 aromatic rings. The van der Waals surface area contributed by atoms with Crippen LogP contribution >= 0.6 is 0 Å². The molecular formula is C38H54O5. The summed E-state index contributed by atoms with van der Waals surface area (Å²) in [6.45, 7) is 18.5. The molecule has 1 aliphatic heterocycles. The molecule has 1 saturated heterocycles. The lowest BCUT2D eigenvalue weighted by atomic mass is 9.31. The first-order valence-electron chi connectivity index (χ1n) is 17.3. The van der Waals surface area contributed by atoms with E-state index < -0.39 is 11.9 Å². The highest BCUT2D eigenvalue weighted by molar-refractivity contribution is 6.02. The van der Waals surface area contributed by atoms with Crippen LogP contribution in [0.3, 0.4) is 0 Å². The zero-order valence-electron chi connectivity index (χ0n) is 27.6. The molecule has 6 aliphatic rings. The SMILES string of the molecule is CC1(C)CC[C@]23CC[C@]4(C)[C@@H](CC[C@@H]5[C@]6(C)CC[C@@H](OC(=O)c7ccccc7C(=O)O)C(C)(C)[C@H]6CC[C@@]54C)[C@@H]2[C@H]1OC3. The van der Waals surface area contributed by atoms with Gasteiger partial charge in [0.05, 0.1) is 23.8 Å². The van der Waals surface area contributed by atoms with Crippen molar-refractivity contribution in [3.63, 3.8) is 0 Å². The molecule has 0 unspecified atom stereocenters. The minimum atomic E-state index is -1.09. The van der Waals surface area contributed by atoms with Crippen LogP contribution in [0.25, 0.3) is 0 Å². The Morgan fingerprint density at radius 1 is 0.791 bits per heavy atom. The smallest absolute Gasteiger partial charge is 0.339 e. The van der Waals surface area contributed by atoms with Gasteiger partial charge in [-0.1, -0.05) is 60.6 Å². The van der Waals surface area contributed by atoms with Crippen LogP contribution in [0.15, 0.2) is 24.3 Å². The standard InChI is InChI=1S/C38H54O5/c1-33(2)18-20-38-21-19-36(6)25(29(38)30(33)42-22-38)12-13-27-35(5)16-15-28(34(3,4)26(35)14-17-37(27,36)7)43-32(41)24-11-9-8-10-23(24)31(39)40/h8-11,25-30H,12-22H2,1-7H3,(H,39,40)/t25-,26+,27+,28+,29+,30+,35+,36+,37-,38+/m0/s1. The Morgan fingerprint density at radius 2 is 1.49 bits per heavy atom. The molecule has 1 heterocycles. The first-order valence-corrected chi connectivity index (χ1v) is 17.3. The van der Waals surface area contributed by atoms with E-state index in [0.717, 1.165) is 25.4 Å². The number of rotatable bonds is 3. The van der Waals surface area contributed by atoms with Crippen LogP contribution in [0.2, 0.25) is 0 Å². The van der Waals surface area contributed by atoms with Crippen molar-refractivity contribution in [1.82, 2.24) is 0 Å². The van der Waals surface area contributed by atoms with E-state index >= 15 is 0 Å². The van der Waals surface area contributed by atoms with Gasteiger partial charge in [-0.3, -0.25) is 0 Å². The van der Waals surface area contributed by atoms with Gasteiger partial charge in [-0.05, 0) is 127 Å². The van der Waals surface area contributed by atoms with E-state index in [-0.39, 0.29) is 33.5 Å². The van der Waals surface area contributed by atoms with E-state index in [1.165, 1.54) is 57.4 Å². The van der Waals surface area contributed by atoms with Gasteiger partial charge in [0.2, 0.25) is 0 Å². The predicted octanol–water partition coefficient (Wildman–Crippen LogP) is 8.80. The van der Waals surface area contributed by atoms with Crippen LogP contribution in [0.4, 0.5) is 0 Å². The molecule has 2 bridgehead atoms. The molecule has 5 heteroatoms. The summed E-state index contributed by atoms with van der Waals surface area (Å²) in [5.74, 6) is 0.976. The van der Waals surface area contributed by atoms with E-state index in [4.69, 9.17) is 9.47 Å². The van der Waals surface area contributed by atoms with Crippen molar-refractivity contribution >= 4 is 11.9 Å². The Hall–Kier alpha value is -1.88. The molecule has 5 nitrogen and oxygen atoms in total. The van der Waals surface area contributed by atoms with Gasteiger partial charge < -0.3 is 14.6 Å². The summed E-state index contributed by atoms with van der Waals surface area (Å²) in [5, 5.41) is 9.66. The van der Waals surface area contributed by atoms with Crippen molar-refractivity contribution in [2.45, 2.75) is 125 Å². The van der Waals surface area contributed by atoms with Crippen molar-refractivity contribution in [3.05, 3.63) is 35.4 Å². The van der Waals surface area contributed by atoms with E-state index in [1.807, 2.05) is 0 Å². The highest BCUT2D eigenvalue weighted by Gasteiger charge is 2.73. The normalized spacial score (nSPS) is 47.3. The minimum Gasteiger partial charge on any atom is -0.478 e. The van der Waals surface area contributed by atoms with Crippen molar-refractivity contribution in [2.24, 2.45) is 56.2 Å². The van der Waals surface area contributed by atoms with Gasteiger partial charge in [0.1, 0.15) is 6.10 Å². The highest BCUT2D eigenvalue weighted by Crippen LogP contribution is 2.78. The number of carbonyl (C=O) groups is 2. The third-order valence-electron chi connectivity index (χ3n) is 15.7. The Morgan fingerprint density at radius 3 is 2.21 bits per heavy atom. The molecule has 236 valence electrons. The number of ether oxygens (including phenoxy) is 2.